The van der Waals surface area contributed by atoms with E-state index in [9.17, 15) is 4.79 Å². The summed E-state index contributed by atoms with van der Waals surface area (Å²) in [6.07, 6.45) is 6.97. The van der Waals surface area contributed by atoms with Gasteiger partial charge in [0.05, 0.1) is 5.75 Å². The van der Waals surface area contributed by atoms with Gasteiger partial charge in [-0.3, -0.25) is 4.79 Å². The van der Waals surface area contributed by atoms with Gasteiger partial charge in [0, 0.05) is 28.9 Å². The van der Waals surface area contributed by atoms with Crippen LogP contribution in [0.1, 0.15) is 49.5 Å². The van der Waals surface area contributed by atoms with Crippen LogP contribution >= 0.6 is 23.1 Å². The fraction of sp³-hybridized carbons (Fsp3) is 0.611. The Morgan fingerprint density at radius 2 is 2.12 bits per heavy atom. The van der Waals surface area contributed by atoms with Crippen LogP contribution in [0.5, 0.6) is 0 Å². The first-order valence-electron chi connectivity index (χ1n) is 8.99. The van der Waals surface area contributed by atoms with Crippen molar-refractivity contribution in [2.45, 2.75) is 63.6 Å². The average molecular weight is 379 g/mol. The van der Waals surface area contributed by atoms with E-state index in [1.54, 1.807) is 11.3 Å². The molecule has 0 radical (unpaired) electrons. The topological polar surface area (TPSA) is 59.8 Å². The fourth-order valence-electron chi connectivity index (χ4n) is 3.43. The first-order chi connectivity index (χ1) is 12.1. The van der Waals surface area contributed by atoms with Gasteiger partial charge in [0.1, 0.15) is 0 Å². The van der Waals surface area contributed by atoms with E-state index >= 15 is 0 Å². The van der Waals surface area contributed by atoms with Gasteiger partial charge in [-0.25, -0.2) is 0 Å². The number of carbonyl (C=O) groups is 1. The lowest BCUT2D eigenvalue weighted by Gasteiger charge is -2.22. The van der Waals surface area contributed by atoms with Crippen LogP contribution in [0.2, 0.25) is 0 Å². The van der Waals surface area contributed by atoms with E-state index in [-0.39, 0.29) is 5.91 Å². The maximum Gasteiger partial charge on any atom is 0.230 e. The number of hydrogen-bond acceptors (Lipinski definition) is 5. The van der Waals surface area contributed by atoms with E-state index in [1.165, 1.54) is 47.0 Å². The van der Waals surface area contributed by atoms with Crippen molar-refractivity contribution in [2.75, 3.05) is 5.75 Å². The number of hydrogen-bond donors (Lipinski definition) is 1. The molecule has 5 nitrogen and oxygen atoms in total. The zero-order chi connectivity index (χ0) is 17.8. The molecule has 0 aromatic carbocycles. The van der Waals surface area contributed by atoms with Crippen molar-refractivity contribution in [3.8, 4) is 11.4 Å². The van der Waals surface area contributed by atoms with E-state index in [2.05, 4.69) is 34.7 Å². The molecule has 2 aromatic rings. The molecule has 0 atom stereocenters. The van der Waals surface area contributed by atoms with Crippen molar-refractivity contribution in [2.24, 2.45) is 7.05 Å². The second kappa shape index (κ2) is 8.36. The summed E-state index contributed by atoms with van der Waals surface area (Å²) in [5, 5.41) is 14.8. The van der Waals surface area contributed by atoms with Crippen LogP contribution in [-0.4, -0.2) is 32.5 Å². The number of thiophene rings is 1. The van der Waals surface area contributed by atoms with Gasteiger partial charge in [-0.15, -0.1) is 21.5 Å². The first kappa shape index (κ1) is 18.5. The number of thioether (sulfide) groups is 1. The zero-order valence-corrected chi connectivity index (χ0v) is 16.8. The molecule has 1 fully saturated rings. The lowest BCUT2D eigenvalue weighted by Crippen LogP contribution is -2.37. The molecule has 2 aromatic heterocycles. The molecule has 0 spiro atoms. The second-order valence-electron chi connectivity index (χ2n) is 6.59. The minimum atomic E-state index is 0.0991. The maximum absolute atomic E-state index is 12.2. The van der Waals surface area contributed by atoms with Gasteiger partial charge >= 0.3 is 0 Å². The smallest absolute Gasteiger partial charge is 0.230 e. The van der Waals surface area contributed by atoms with Crippen LogP contribution in [0.3, 0.4) is 0 Å². The van der Waals surface area contributed by atoms with Crippen molar-refractivity contribution >= 4 is 29.0 Å². The van der Waals surface area contributed by atoms with Crippen molar-refractivity contribution < 1.29 is 4.79 Å². The monoisotopic (exact) mass is 378 g/mol. The molecule has 1 saturated carbocycles. The Hall–Kier alpha value is -1.34. The lowest BCUT2D eigenvalue weighted by atomic mass is 9.95. The Kier molecular flexibility index (Phi) is 6.17. The Morgan fingerprint density at radius 1 is 1.36 bits per heavy atom. The van der Waals surface area contributed by atoms with Gasteiger partial charge in [-0.05, 0) is 31.7 Å². The Labute approximate surface area is 157 Å². The summed E-state index contributed by atoms with van der Waals surface area (Å²) in [5.74, 6) is 1.38. The van der Waals surface area contributed by atoms with Crippen LogP contribution in [0.15, 0.2) is 10.5 Å². The molecule has 3 rings (SSSR count). The summed E-state index contributed by atoms with van der Waals surface area (Å²) in [7, 11) is 1.98. The highest BCUT2D eigenvalue weighted by atomic mass is 32.2. The van der Waals surface area contributed by atoms with E-state index in [0.29, 0.717) is 11.8 Å². The van der Waals surface area contributed by atoms with Gasteiger partial charge in [0.25, 0.3) is 0 Å². The van der Waals surface area contributed by atoms with Gasteiger partial charge in [-0.1, -0.05) is 37.9 Å². The van der Waals surface area contributed by atoms with Gasteiger partial charge < -0.3 is 9.88 Å². The molecule has 136 valence electrons. The molecule has 1 aliphatic carbocycles. The van der Waals surface area contributed by atoms with Crippen LogP contribution < -0.4 is 5.32 Å². The second-order valence-corrected chi connectivity index (χ2v) is 8.62. The highest BCUT2D eigenvalue weighted by Crippen LogP contribution is 2.31. The predicted molar refractivity (Wildman–Crippen MR) is 104 cm³/mol. The van der Waals surface area contributed by atoms with Crippen molar-refractivity contribution in [3.63, 3.8) is 0 Å². The number of amides is 1. The molecule has 7 heteroatoms. The summed E-state index contributed by atoms with van der Waals surface area (Å²) in [6.45, 7) is 4.31. The third-order valence-electron chi connectivity index (χ3n) is 4.84. The third kappa shape index (κ3) is 4.26. The average Bonchev–Trinajstić information content (AvgIpc) is 3.16. The normalized spacial score (nSPS) is 15.5. The number of nitrogens with zero attached hydrogens (tertiary/aromatic N) is 3. The van der Waals surface area contributed by atoms with Crippen molar-refractivity contribution in [3.05, 3.63) is 15.8 Å². The lowest BCUT2D eigenvalue weighted by molar-refractivity contribution is -0.119. The Bertz CT molecular complexity index is 732. The number of carbonyl (C=O) groups excluding carboxylic acids is 1. The summed E-state index contributed by atoms with van der Waals surface area (Å²) in [4.78, 5) is 13.5. The third-order valence-corrected chi connectivity index (χ3v) is 6.81. The molecule has 0 unspecified atom stereocenters. The fourth-order valence-corrected chi connectivity index (χ4v) is 5.09. The maximum atomic E-state index is 12.2. The van der Waals surface area contributed by atoms with Gasteiger partial charge in [-0.2, -0.15) is 0 Å². The van der Waals surface area contributed by atoms with E-state index in [0.717, 1.165) is 30.2 Å². The van der Waals surface area contributed by atoms with E-state index in [4.69, 9.17) is 0 Å². The SMILES string of the molecule is CCc1c(-c2nnc(SCC(=O)NC3CCCCC3)n2C)csc1C. The minimum Gasteiger partial charge on any atom is -0.353 e. The van der Waals surface area contributed by atoms with Crippen LogP contribution in [0, 0.1) is 6.92 Å². The molecule has 1 N–H and O–H groups in total. The molecule has 1 aliphatic rings. The van der Waals surface area contributed by atoms with Gasteiger partial charge in [0.15, 0.2) is 11.0 Å². The Morgan fingerprint density at radius 3 is 2.84 bits per heavy atom. The first-order valence-corrected chi connectivity index (χ1v) is 10.9. The number of nitrogens with one attached hydrogen (secondary N) is 1. The molecule has 0 saturated heterocycles. The van der Waals surface area contributed by atoms with Gasteiger partial charge in [0.2, 0.25) is 5.91 Å². The standard InChI is InChI=1S/C18H26N4OS2/c1-4-14-12(2)24-10-15(14)17-20-21-18(22(17)3)25-11-16(23)19-13-8-6-5-7-9-13/h10,13H,4-9,11H2,1-3H3,(H,19,23). The summed E-state index contributed by atoms with van der Waals surface area (Å²) < 4.78 is 2.00. The molecular weight excluding hydrogens is 352 g/mol. The Balaban J connectivity index is 1.62. The molecule has 2 heterocycles. The molecule has 0 bridgehead atoms. The number of rotatable bonds is 6. The highest BCUT2D eigenvalue weighted by molar-refractivity contribution is 7.99. The van der Waals surface area contributed by atoms with Crippen LogP contribution in [0.25, 0.3) is 11.4 Å². The molecular formula is C18H26N4OS2. The largest absolute Gasteiger partial charge is 0.353 e. The quantitative estimate of drug-likeness (QED) is 0.773. The van der Waals surface area contributed by atoms with Crippen molar-refractivity contribution in [1.82, 2.24) is 20.1 Å². The molecule has 0 aliphatic heterocycles. The molecule has 1 amide bonds. The minimum absolute atomic E-state index is 0.0991. The van der Waals surface area contributed by atoms with Crippen LogP contribution in [0.4, 0.5) is 0 Å². The van der Waals surface area contributed by atoms with E-state index < -0.39 is 0 Å². The summed E-state index contributed by atoms with van der Waals surface area (Å²) in [6, 6.07) is 0.359. The number of aromatic nitrogens is 3. The molecule has 25 heavy (non-hydrogen) atoms. The number of aryl methyl sites for hydroxylation is 1. The zero-order valence-electron chi connectivity index (χ0n) is 15.2. The highest BCUT2D eigenvalue weighted by Gasteiger charge is 2.19. The van der Waals surface area contributed by atoms with E-state index in [1.807, 2.05) is 11.6 Å². The summed E-state index contributed by atoms with van der Waals surface area (Å²) >= 11 is 3.21. The van der Waals surface area contributed by atoms with Crippen LogP contribution in [-0.2, 0) is 18.3 Å². The summed E-state index contributed by atoms with van der Waals surface area (Å²) in [5.41, 5.74) is 2.51. The predicted octanol–water partition coefficient (Wildman–Crippen LogP) is 3.96. The van der Waals surface area contributed by atoms with Crippen molar-refractivity contribution in [1.29, 1.82) is 0 Å².